The zero-order valence-electron chi connectivity index (χ0n) is 27.1. The van der Waals surface area contributed by atoms with Crippen LogP contribution in [-0.4, -0.2) is 30.7 Å². The van der Waals surface area contributed by atoms with Gasteiger partial charge in [0.15, 0.2) is 0 Å². The molecule has 1 N–H and O–H groups in total. The van der Waals surface area contributed by atoms with E-state index in [1.165, 1.54) is 154 Å². The zero-order chi connectivity index (χ0) is 28.0. The molecule has 3 heteroatoms. The number of unbranched alkanes of at least 4 members (excludes halogenated alkanes) is 22. The van der Waals surface area contributed by atoms with Crippen molar-refractivity contribution in [3.05, 3.63) is 0 Å². The number of amidine groups is 1. The number of hydrogen-bond acceptors (Lipinski definition) is 2. The molecule has 3 nitrogen and oxygen atoms in total. The van der Waals surface area contributed by atoms with E-state index < -0.39 is 0 Å². The van der Waals surface area contributed by atoms with Crippen LogP contribution in [0, 0.1) is 0 Å². The molecule has 0 aliphatic heterocycles. The Hall–Kier alpha value is -0.860. The van der Waals surface area contributed by atoms with E-state index in [0.717, 1.165) is 25.3 Å². The molecular weight excluding hydrogens is 462 g/mol. The summed E-state index contributed by atoms with van der Waals surface area (Å²) in [7, 11) is 0. The van der Waals surface area contributed by atoms with E-state index in [1.807, 2.05) is 0 Å². The van der Waals surface area contributed by atoms with Crippen molar-refractivity contribution in [1.82, 2.24) is 5.32 Å². The minimum atomic E-state index is 0.0543. The molecule has 0 rings (SSSR count). The molecule has 226 valence electrons. The van der Waals surface area contributed by atoms with Gasteiger partial charge in [-0.15, -0.1) is 0 Å². The average Bonchev–Trinajstić information content (AvgIpc) is 2.88. The summed E-state index contributed by atoms with van der Waals surface area (Å²) in [5.41, 5.74) is 0.0543. The Morgan fingerprint density at radius 1 is 0.500 bits per heavy atom. The molecular formula is C35H71N3. The van der Waals surface area contributed by atoms with Gasteiger partial charge in [-0.2, -0.15) is 0 Å². The van der Waals surface area contributed by atoms with Gasteiger partial charge in [0.05, 0.1) is 0 Å². The molecule has 0 amide bonds. The monoisotopic (exact) mass is 534 g/mol. The first-order valence-electron chi connectivity index (χ1n) is 17.3. The second-order valence-electron chi connectivity index (χ2n) is 12.8. The molecule has 0 saturated heterocycles. The van der Waals surface area contributed by atoms with Crippen LogP contribution in [0.5, 0.6) is 0 Å². The molecule has 38 heavy (non-hydrogen) atoms. The number of nitrogens with one attached hydrogen (secondary N) is 1. The largest absolute Gasteiger partial charge is 0.369 e. The highest BCUT2D eigenvalue weighted by Gasteiger charge is 2.11. The van der Waals surface area contributed by atoms with Gasteiger partial charge < -0.3 is 5.32 Å². The third-order valence-corrected chi connectivity index (χ3v) is 7.39. The predicted octanol–water partition coefficient (Wildman–Crippen LogP) is 11.6. The van der Waals surface area contributed by atoms with E-state index in [2.05, 4.69) is 46.2 Å². The topological polar surface area (TPSA) is 36.8 Å². The van der Waals surface area contributed by atoms with Gasteiger partial charge >= 0.3 is 0 Å². The first-order valence-corrected chi connectivity index (χ1v) is 17.3. The molecule has 0 aliphatic rings. The van der Waals surface area contributed by atoms with Gasteiger partial charge in [-0.1, -0.05) is 155 Å². The summed E-state index contributed by atoms with van der Waals surface area (Å²) >= 11 is 0. The quantitative estimate of drug-likeness (QED) is 0.0606. The van der Waals surface area contributed by atoms with Crippen molar-refractivity contribution in [2.24, 2.45) is 9.98 Å². The van der Waals surface area contributed by atoms with Crippen molar-refractivity contribution in [3.63, 3.8) is 0 Å². The van der Waals surface area contributed by atoms with Gasteiger partial charge in [0.25, 0.3) is 0 Å². The van der Waals surface area contributed by atoms with Crippen molar-refractivity contribution >= 4 is 12.1 Å². The molecule has 0 aromatic rings. The molecule has 0 unspecified atom stereocenters. The van der Waals surface area contributed by atoms with Gasteiger partial charge in [0.2, 0.25) is 0 Å². The minimum Gasteiger partial charge on any atom is -0.369 e. The smallest absolute Gasteiger partial charge is 0.102 e. The Kier molecular flexibility index (Phi) is 28.5. The van der Waals surface area contributed by atoms with E-state index in [9.17, 15) is 0 Å². The maximum absolute atomic E-state index is 4.91. The minimum absolute atomic E-state index is 0.0543. The molecule has 0 radical (unpaired) electrons. The molecule has 0 atom stereocenters. The summed E-state index contributed by atoms with van der Waals surface area (Å²) in [6.07, 6.45) is 36.4. The highest BCUT2D eigenvalue weighted by Crippen LogP contribution is 2.13. The number of nitrogens with zero attached hydrogens (tertiary/aromatic N) is 2. The van der Waals surface area contributed by atoms with Crippen LogP contribution in [-0.2, 0) is 0 Å². The standard InChI is InChI=1S/C35H71N3/c1-6-8-10-12-14-16-18-20-22-24-26-28-31-36-33-30-34(38-35(3,4)5)37-32-29-27-25-23-21-19-17-15-13-11-9-7-2/h33H,6-32H2,1-5H3,(H,37,38)/b36-33-. The highest BCUT2D eigenvalue weighted by molar-refractivity contribution is 5.94. The maximum Gasteiger partial charge on any atom is 0.102 e. The Labute approximate surface area is 240 Å². The molecule has 0 aliphatic carbocycles. The molecule has 0 heterocycles. The second kappa shape index (κ2) is 29.1. The summed E-state index contributed by atoms with van der Waals surface area (Å²) in [4.78, 5) is 9.60. The Bertz CT molecular complexity index is 518. The third kappa shape index (κ3) is 31.4. The van der Waals surface area contributed by atoms with Gasteiger partial charge in [-0.05, 0) is 33.6 Å². The summed E-state index contributed by atoms with van der Waals surface area (Å²) in [6.45, 7) is 13.2. The van der Waals surface area contributed by atoms with Gasteiger partial charge in [0, 0.05) is 31.3 Å². The molecule has 0 saturated carbocycles. The van der Waals surface area contributed by atoms with E-state index in [4.69, 9.17) is 9.98 Å². The van der Waals surface area contributed by atoms with Crippen molar-refractivity contribution in [1.29, 1.82) is 0 Å². The van der Waals surface area contributed by atoms with E-state index >= 15 is 0 Å². The van der Waals surface area contributed by atoms with E-state index in [1.54, 1.807) is 0 Å². The van der Waals surface area contributed by atoms with Crippen molar-refractivity contribution < 1.29 is 0 Å². The van der Waals surface area contributed by atoms with Gasteiger partial charge in [-0.3, -0.25) is 9.98 Å². The van der Waals surface area contributed by atoms with Crippen LogP contribution in [0.25, 0.3) is 0 Å². The van der Waals surface area contributed by atoms with Crippen LogP contribution < -0.4 is 5.32 Å². The lowest BCUT2D eigenvalue weighted by molar-refractivity contribution is 0.507. The first-order chi connectivity index (χ1) is 18.5. The van der Waals surface area contributed by atoms with Crippen LogP contribution in [0.3, 0.4) is 0 Å². The lowest BCUT2D eigenvalue weighted by Crippen LogP contribution is -2.41. The third-order valence-electron chi connectivity index (χ3n) is 7.39. The summed E-state index contributed by atoms with van der Waals surface area (Å²) < 4.78 is 0. The molecule has 0 fully saturated rings. The van der Waals surface area contributed by atoms with E-state index in [-0.39, 0.29) is 5.54 Å². The fourth-order valence-electron chi connectivity index (χ4n) is 5.04. The summed E-state index contributed by atoms with van der Waals surface area (Å²) in [5, 5.41) is 3.61. The predicted molar refractivity (Wildman–Crippen MR) is 175 cm³/mol. The lowest BCUT2D eigenvalue weighted by Gasteiger charge is -2.23. The van der Waals surface area contributed by atoms with Crippen LogP contribution in [0.1, 0.15) is 195 Å². The molecule has 0 spiro atoms. The van der Waals surface area contributed by atoms with Gasteiger partial charge in [0.1, 0.15) is 5.84 Å². The highest BCUT2D eigenvalue weighted by atomic mass is 15.0. The summed E-state index contributed by atoms with van der Waals surface area (Å²) in [5.74, 6) is 1.11. The molecule has 0 bridgehead atoms. The molecule has 0 aromatic heterocycles. The van der Waals surface area contributed by atoms with Crippen molar-refractivity contribution in [2.75, 3.05) is 13.1 Å². The summed E-state index contributed by atoms with van der Waals surface area (Å²) in [6, 6.07) is 0. The van der Waals surface area contributed by atoms with Gasteiger partial charge in [-0.25, -0.2) is 0 Å². The molecule has 0 aromatic carbocycles. The normalized spacial score (nSPS) is 12.6. The fourth-order valence-corrected chi connectivity index (χ4v) is 5.04. The lowest BCUT2D eigenvalue weighted by atomic mass is 10.1. The zero-order valence-corrected chi connectivity index (χ0v) is 27.1. The second-order valence-corrected chi connectivity index (χ2v) is 12.8. The van der Waals surface area contributed by atoms with Crippen LogP contribution in [0.4, 0.5) is 0 Å². The first kappa shape index (κ1) is 37.1. The Balaban J connectivity index is 3.79. The Morgan fingerprint density at radius 2 is 0.842 bits per heavy atom. The Morgan fingerprint density at radius 3 is 1.21 bits per heavy atom. The number of aliphatic imine (C=N–C) groups is 2. The van der Waals surface area contributed by atoms with Crippen molar-refractivity contribution in [2.45, 2.75) is 201 Å². The van der Waals surface area contributed by atoms with Crippen LogP contribution in [0.15, 0.2) is 9.98 Å². The number of rotatable bonds is 28. The SMILES string of the molecule is CCCCCCCCCCCCCC/N=C\C/C(=N/CCCCCCCCCCCCCC)NC(C)(C)C. The van der Waals surface area contributed by atoms with Crippen LogP contribution in [0.2, 0.25) is 0 Å². The average molecular weight is 534 g/mol. The van der Waals surface area contributed by atoms with Crippen molar-refractivity contribution in [3.8, 4) is 0 Å². The van der Waals surface area contributed by atoms with E-state index in [0.29, 0.717) is 0 Å². The van der Waals surface area contributed by atoms with Crippen LogP contribution >= 0.6 is 0 Å². The maximum atomic E-state index is 4.91. The fraction of sp³-hybridized carbons (Fsp3) is 0.943. The number of hydrogen-bond donors (Lipinski definition) is 1.